The van der Waals surface area contributed by atoms with Crippen molar-refractivity contribution >= 4 is 16.3 Å². The monoisotopic (exact) mass is 206 g/mol. The van der Waals surface area contributed by atoms with Gasteiger partial charge in [-0.15, -0.1) is 0 Å². The molecule has 1 aliphatic carbocycles. The van der Waals surface area contributed by atoms with Crippen LogP contribution in [0.25, 0.3) is 0 Å². The van der Waals surface area contributed by atoms with Crippen molar-refractivity contribution < 1.29 is 9.22 Å². The van der Waals surface area contributed by atoms with Gasteiger partial charge in [-0.1, -0.05) is 24.3 Å². The van der Waals surface area contributed by atoms with E-state index in [1.807, 2.05) is 38.1 Å². The summed E-state index contributed by atoms with van der Waals surface area (Å²) in [7, 11) is 0.660. The first kappa shape index (κ1) is 9.62. The summed E-state index contributed by atoms with van der Waals surface area (Å²) >= 11 is 0. The lowest BCUT2D eigenvalue weighted by atomic mass is 9.86. The number of carbonyl (C=O) groups is 1. The van der Waals surface area contributed by atoms with Crippen LogP contribution in [0.5, 0.6) is 0 Å². The SMILES string of the molecule is CC1(C)C(=O)c2ccccc2C1O[SiH3]. The lowest BCUT2D eigenvalue weighted by Crippen LogP contribution is -2.25. The standard InChI is InChI=1S/C11H14O2Si/c1-11(2)9(12)7-5-3-4-6-8(7)10(11)13-14/h3-6,10H,1-2,14H3. The van der Waals surface area contributed by atoms with Gasteiger partial charge in [-0.05, 0) is 19.4 Å². The molecule has 0 aromatic heterocycles. The lowest BCUT2D eigenvalue weighted by molar-refractivity contribution is 0.0617. The Balaban J connectivity index is 2.61. The molecule has 0 heterocycles. The van der Waals surface area contributed by atoms with Crippen LogP contribution in [-0.2, 0) is 4.43 Å². The first-order valence-corrected chi connectivity index (χ1v) is 5.57. The molecule has 1 aromatic carbocycles. The largest absolute Gasteiger partial charge is 0.420 e. The molecule has 0 fully saturated rings. The Morgan fingerprint density at radius 1 is 1.36 bits per heavy atom. The molecule has 14 heavy (non-hydrogen) atoms. The van der Waals surface area contributed by atoms with Gasteiger partial charge in [0.2, 0.25) is 0 Å². The van der Waals surface area contributed by atoms with E-state index in [9.17, 15) is 4.79 Å². The van der Waals surface area contributed by atoms with Gasteiger partial charge in [0, 0.05) is 5.56 Å². The number of hydrogen-bond donors (Lipinski definition) is 0. The molecule has 1 unspecified atom stereocenters. The Morgan fingerprint density at radius 2 is 2.00 bits per heavy atom. The van der Waals surface area contributed by atoms with Gasteiger partial charge in [0.15, 0.2) is 5.78 Å². The highest BCUT2D eigenvalue weighted by atomic mass is 28.2. The Kier molecular flexibility index (Phi) is 2.08. The van der Waals surface area contributed by atoms with Gasteiger partial charge in [-0.25, -0.2) is 0 Å². The number of rotatable bonds is 1. The highest BCUT2D eigenvalue weighted by Crippen LogP contribution is 2.46. The van der Waals surface area contributed by atoms with Crippen molar-refractivity contribution in [3.8, 4) is 0 Å². The summed E-state index contributed by atoms with van der Waals surface area (Å²) in [6, 6.07) is 7.74. The van der Waals surface area contributed by atoms with Crippen LogP contribution >= 0.6 is 0 Å². The lowest BCUT2D eigenvalue weighted by Gasteiger charge is -2.24. The number of fused-ring (bicyclic) bond motifs is 1. The van der Waals surface area contributed by atoms with Crippen molar-refractivity contribution in [3.05, 3.63) is 35.4 Å². The van der Waals surface area contributed by atoms with Crippen molar-refractivity contribution in [1.82, 2.24) is 0 Å². The van der Waals surface area contributed by atoms with E-state index in [0.717, 1.165) is 11.1 Å². The minimum atomic E-state index is -0.397. The van der Waals surface area contributed by atoms with Crippen molar-refractivity contribution in [1.29, 1.82) is 0 Å². The van der Waals surface area contributed by atoms with Crippen molar-refractivity contribution in [2.24, 2.45) is 5.41 Å². The molecule has 0 saturated heterocycles. The average molecular weight is 206 g/mol. The number of Topliss-reactive ketones (excluding diaryl/α,β-unsaturated/α-hetero) is 1. The second kappa shape index (κ2) is 3.04. The molecule has 0 N–H and O–H groups in total. The predicted molar refractivity (Wildman–Crippen MR) is 58.3 cm³/mol. The summed E-state index contributed by atoms with van der Waals surface area (Å²) < 4.78 is 5.54. The maximum Gasteiger partial charge on any atom is 0.171 e. The molecule has 0 radical (unpaired) electrons. The zero-order valence-corrected chi connectivity index (χ0v) is 10.7. The third-order valence-electron chi connectivity index (χ3n) is 2.96. The molecule has 2 nitrogen and oxygen atoms in total. The number of carbonyl (C=O) groups excluding carboxylic acids is 1. The van der Waals surface area contributed by atoms with Gasteiger partial charge in [0.25, 0.3) is 0 Å². The normalized spacial score (nSPS) is 23.9. The quantitative estimate of drug-likeness (QED) is 0.646. The molecular formula is C11H14O2Si. The van der Waals surface area contributed by atoms with Gasteiger partial charge in [-0.3, -0.25) is 4.79 Å². The molecule has 1 atom stereocenters. The van der Waals surface area contributed by atoms with Crippen LogP contribution in [0.4, 0.5) is 0 Å². The van der Waals surface area contributed by atoms with Crippen LogP contribution in [0.2, 0.25) is 0 Å². The third-order valence-corrected chi connectivity index (χ3v) is 3.44. The zero-order chi connectivity index (χ0) is 10.3. The van der Waals surface area contributed by atoms with Crippen molar-refractivity contribution in [2.75, 3.05) is 0 Å². The summed E-state index contributed by atoms with van der Waals surface area (Å²) in [5.74, 6) is 0.203. The smallest absolute Gasteiger partial charge is 0.171 e. The van der Waals surface area contributed by atoms with E-state index in [2.05, 4.69) is 0 Å². The van der Waals surface area contributed by atoms with Gasteiger partial charge in [0.05, 0.1) is 11.5 Å². The van der Waals surface area contributed by atoms with Gasteiger partial charge >= 0.3 is 0 Å². The molecule has 2 rings (SSSR count). The fourth-order valence-electron chi connectivity index (χ4n) is 2.21. The van der Waals surface area contributed by atoms with Crippen LogP contribution in [0.3, 0.4) is 0 Å². The topological polar surface area (TPSA) is 26.3 Å². The Morgan fingerprint density at radius 3 is 2.64 bits per heavy atom. The van der Waals surface area contributed by atoms with E-state index >= 15 is 0 Å². The summed E-state index contributed by atoms with van der Waals surface area (Å²) in [5, 5.41) is 0. The fourth-order valence-corrected chi connectivity index (χ4v) is 3.05. The van der Waals surface area contributed by atoms with Crippen LogP contribution in [0.1, 0.15) is 35.9 Å². The van der Waals surface area contributed by atoms with E-state index in [1.54, 1.807) is 0 Å². The summed E-state index contributed by atoms with van der Waals surface area (Å²) in [5.41, 5.74) is 1.49. The highest BCUT2D eigenvalue weighted by Gasteiger charge is 2.45. The fraction of sp³-hybridized carbons (Fsp3) is 0.364. The molecule has 0 spiro atoms. The molecule has 74 valence electrons. The second-order valence-electron chi connectivity index (χ2n) is 4.25. The van der Waals surface area contributed by atoms with Crippen LogP contribution in [0.15, 0.2) is 24.3 Å². The van der Waals surface area contributed by atoms with Crippen molar-refractivity contribution in [3.63, 3.8) is 0 Å². The Bertz CT molecular complexity index is 385. The Labute approximate surface area is 86.8 Å². The van der Waals surface area contributed by atoms with Gasteiger partial charge < -0.3 is 4.43 Å². The number of benzene rings is 1. The Hall–Kier alpha value is -0.933. The maximum absolute atomic E-state index is 12.0. The third kappa shape index (κ3) is 1.09. The first-order valence-electron chi connectivity index (χ1n) is 4.75. The summed E-state index contributed by atoms with van der Waals surface area (Å²) in [6.07, 6.45) is -0.0436. The van der Waals surface area contributed by atoms with E-state index in [-0.39, 0.29) is 11.9 Å². The predicted octanol–water partition coefficient (Wildman–Crippen LogP) is 1.25. The second-order valence-corrected chi connectivity index (χ2v) is 4.73. The van der Waals surface area contributed by atoms with Crippen LogP contribution in [-0.4, -0.2) is 16.3 Å². The molecule has 0 amide bonds. The van der Waals surface area contributed by atoms with Crippen LogP contribution < -0.4 is 0 Å². The van der Waals surface area contributed by atoms with E-state index in [1.165, 1.54) is 0 Å². The van der Waals surface area contributed by atoms with Crippen LogP contribution in [0, 0.1) is 5.41 Å². The van der Waals surface area contributed by atoms with Crippen molar-refractivity contribution in [2.45, 2.75) is 20.0 Å². The minimum Gasteiger partial charge on any atom is -0.420 e. The summed E-state index contributed by atoms with van der Waals surface area (Å²) in [6.45, 7) is 3.91. The van der Waals surface area contributed by atoms with Gasteiger partial charge in [-0.2, -0.15) is 0 Å². The molecular weight excluding hydrogens is 192 g/mol. The molecule has 0 aliphatic heterocycles. The first-order chi connectivity index (χ1) is 6.59. The van der Waals surface area contributed by atoms with E-state index in [0.29, 0.717) is 10.5 Å². The van der Waals surface area contributed by atoms with E-state index in [4.69, 9.17) is 4.43 Å². The maximum atomic E-state index is 12.0. The average Bonchev–Trinajstić information content (AvgIpc) is 2.36. The minimum absolute atomic E-state index is 0.0436. The molecule has 0 saturated carbocycles. The summed E-state index contributed by atoms with van der Waals surface area (Å²) in [4.78, 5) is 12.0. The molecule has 1 aromatic rings. The molecule has 0 bridgehead atoms. The van der Waals surface area contributed by atoms with Gasteiger partial charge in [0.1, 0.15) is 10.5 Å². The number of ketones is 1. The van der Waals surface area contributed by atoms with E-state index < -0.39 is 5.41 Å². The molecule has 3 heteroatoms. The highest BCUT2D eigenvalue weighted by molar-refractivity contribution is 6.06. The number of hydrogen-bond acceptors (Lipinski definition) is 2. The molecule has 1 aliphatic rings. The zero-order valence-electron chi connectivity index (χ0n) is 8.70.